The van der Waals surface area contributed by atoms with Crippen LogP contribution in [-0.2, 0) is 11.8 Å². The van der Waals surface area contributed by atoms with Gasteiger partial charge < -0.3 is 4.90 Å². The fourth-order valence-corrected chi connectivity index (χ4v) is 3.15. The second-order valence-electron chi connectivity index (χ2n) is 5.17. The van der Waals surface area contributed by atoms with Crippen LogP contribution in [0.2, 0.25) is 0 Å². The molecule has 3 rings (SSSR count). The molecule has 1 aliphatic heterocycles. The molecule has 0 fully saturated rings. The number of aryl methyl sites for hydroxylation is 1. The SMILES string of the molecule is Cc1cc(CBr)cnc1N1c2ccccc2CC1C. The third kappa shape index (κ3) is 2.16. The van der Waals surface area contributed by atoms with Crippen LogP contribution < -0.4 is 4.90 Å². The van der Waals surface area contributed by atoms with Crippen molar-refractivity contribution in [1.82, 2.24) is 4.98 Å². The summed E-state index contributed by atoms with van der Waals surface area (Å²) < 4.78 is 0. The number of nitrogens with zero attached hydrogens (tertiary/aromatic N) is 2. The quantitative estimate of drug-likeness (QED) is 0.765. The van der Waals surface area contributed by atoms with Crippen LogP contribution >= 0.6 is 15.9 Å². The molecule has 1 aromatic heterocycles. The minimum absolute atomic E-state index is 0.471. The first-order valence-electron chi connectivity index (χ1n) is 6.59. The van der Waals surface area contributed by atoms with Crippen LogP contribution in [0.25, 0.3) is 0 Å². The van der Waals surface area contributed by atoms with Crippen molar-refractivity contribution in [3.63, 3.8) is 0 Å². The lowest BCUT2D eigenvalue weighted by molar-refractivity contribution is 0.748. The molecular weight excluding hydrogens is 300 g/mol. The Morgan fingerprint density at radius 1 is 1.37 bits per heavy atom. The Hall–Kier alpha value is -1.35. The van der Waals surface area contributed by atoms with E-state index >= 15 is 0 Å². The molecule has 3 heteroatoms. The zero-order chi connectivity index (χ0) is 13.4. The number of anilines is 2. The van der Waals surface area contributed by atoms with E-state index in [0.717, 1.165) is 17.6 Å². The summed E-state index contributed by atoms with van der Waals surface area (Å²) in [5.74, 6) is 1.09. The molecule has 0 bridgehead atoms. The minimum atomic E-state index is 0.471. The summed E-state index contributed by atoms with van der Waals surface area (Å²) in [5, 5.41) is 0.854. The lowest BCUT2D eigenvalue weighted by atomic mass is 10.1. The number of hydrogen-bond acceptors (Lipinski definition) is 2. The van der Waals surface area contributed by atoms with Crippen molar-refractivity contribution >= 4 is 27.4 Å². The molecule has 0 saturated heterocycles. The number of alkyl halides is 1. The maximum Gasteiger partial charge on any atom is 0.136 e. The zero-order valence-electron chi connectivity index (χ0n) is 11.2. The lowest BCUT2D eigenvalue weighted by Crippen LogP contribution is -2.25. The molecule has 1 aliphatic rings. The third-order valence-corrected chi connectivity index (χ3v) is 4.34. The average Bonchev–Trinajstić information content (AvgIpc) is 2.75. The summed E-state index contributed by atoms with van der Waals surface area (Å²) >= 11 is 3.48. The number of hydrogen-bond donors (Lipinski definition) is 0. The van der Waals surface area contributed by atoms with Crippen LogP contribution in [0, 0.1) is 6.92 Å². The van der Waals surface area contributed by atoms with Gasteiger partial charge in [0, 0.05) is 23.3 Å². The Labute approximate surface area is 122 Å². The smallest absolute Gasteiger partial charge is 0.136 e. The number of pyridine rings is 1. The molecule has 19 heavy (non-hydrogen) atoms. The van der Waals surface area contributed by atoms with E-state index in [1.165, 1.54) is 22.4 Å². The summed E-state index contributed by atoms with van der Waals surface area (Å²) in [6.07, 6.45) is 3.06. The topological polar surface area (TPSA) is 16.1 Å². The van der Waals surface area contributed by atoms with Gasteiger partial charge in [-0.2, -0.15) is 0 Å². The molecule has 0 N–H and O–H groups in total. The standard InChI is InChI=1S/C16H17BrN2/c1-11-7-13(9-17)10-18-16(11)19-12(2)8-14-5-3-4-6-15(14)19/h3-7,10,12H,8-9H2,1-2H3. The zero-order valence-corrected chi connectivity index (χ0v) is 12.8. The molecule has 1 atom stereocenters. The second-order valence-corrected chi connectivity index (χ2v) is 5.73. The molecule has 98 valence electrons. The van der Waals surface area contributed by atoms with E-state index in [9.17, 15) is 0 Å². The van der Waals surface area contributed by atoms with Crippen molar-refractivity contribution < 1.29 is 0 Å². The van der Waals surface area contributed by atoms with Crippen molar-refractivity contribution in [3.8, 4) is 0 Å². The number of rotatable bonds is 2. The second kappa shape index (κ2) is 4.97. The van der Waals surface area contributed by atoms with E-state index in [0.29, 0.717) is 6.04 Å². The Kier molecular flexibility index (Phi) is 3.31. The largest absolute Gasteiger partial charge is 0.323 e. The predicted molar refractivity (Wildman–Crippen MR) is 83.4 cm³/mol. The van der Waals surface area contributed by atoms with Crippen LogP contribution in [0.15, 0.2) is 36.5 Å². The minimum Gasteiger partial charge on any atom is -0.323 e. The average molecular weight is 317 g/mol. The molecule has 0 saturated carbocycles. The molecule has 0 aliphatic carbocycles. The Bertz CT molecular complexity index is 609. The van der Waals surface area contributed by atoms with Gasteiger partial charge in [-0.1, -0.05) is 40.2 Å². The van der Waals surface area contributed by atoms with Crippen molar-refractivity contribution in [2.45, 2.75) is 31.6 Å². The molecule has 1 aromatic carbocycles. The van der Waals surface area contributed by atoms with Crippen LogP contribution in [-0.4, -0.2) is 11.0 Å². The van der Waals surface area contributed by atoms with E-state index in [-0.39, 0.29) is 0 Å². The summed E-state index contributed by atoms with van der Waals surface area (Å²) in [7, 11) is 0. The molecular formula is C16H17BrN2. The monoisotopic (exact) mass is 316 g/mol. The summed E-state index contributed by atoms with van der Waals surface area (Å²) in [6, 6.07) is 11.3. The van der Waals surface area contributed by atoms with Crippen LogP contribution in [0.3, 0.4) is 0 Å². The van der Waals surface area contributed by atoms with Crippen molar-refractivity contribution in [1.29, 1.82) is 0 Å². The molecule has 0 radical (unpaired) electrons. The van der Waals surface area contributed by atoms with Gasteiger partial charge >= 0.3 is 0 Å². The van der Waals surface area contributed by atoms with E-state index in [4.69, 9.17) is 0 Å². The molecule has 2 aromatic rings. The highest BCUT2D eigenvalue weighted by Gasteiger charge is 2.28. The van der Waals surface area contributed by atoms with Crippen molar-refractivity contribution in [2.75, 3.05) is 4.90 Å². The fourth-order valence-electron chi connectivity index (χ4n) is 2.84. The van der Waals surface area contributed by atoms with Crippen LogP contribution in [0.1, 0.15) is 23.6 Å². The number of para-hydroxylation sites is 1. The van der Waals surface area contributed by atoms with E-state index in [1.54, 1.807) is 0 Å². The van der Waals surface area contributed by atoms with Crippen LogP contribution in [0.5, 0.6) is 0 Å². The van der Waals surface area contributed by atoms with Gasteiger partial charge in [-0.3, -0.25) is 0 Å². The van der Waals surface area contributed by atoms with Gasteiger partial charge in [0.1, 0.15) is 5.82 Å². The first kappa shape index (κ1) is 12.7. The van der Waals surface area contributed by atoms with Gasteiger partial charge in [0.25, 0.3) is 0 Å². The Balaban J connectivity index is 2.07. The normalized spacial score (nSPS) is 17.6. The predicted octanol–water partition coefficient (Wildman–Crippen LogP) is 4.37. The highest BCUT2D eigenvalue weighted by atomic mass is 79.9. The van der Waals surface area contributed by atoms with Gasteiger partial charge in [0.15, 0.2) is 0 Å². The molecule has 2 heterocycles. The summed E-state index contributed by atoms with van der Waals surface area (Å²) in [6.45, 7) is 4.40. The van der Waals surface area contributed by atoms with Gasteiger partial charge in [0.2, 0.25) is 0 Å². The number of aromatic nitrogens is 1. The van der Waals surface area contributed by atoms with E-state index in [1.807, 2.05) is 6.20 Å². The number of fused-ring (bicyclic) bond motifs is 1. The number of benzene rings is 1. The maximum atomic E-state index is 4.68. The first-order chi connectivity index (χ1) is 9.20. The Morgan fingerprint density at radius 3 is 2.89 bits per heavy atom. The summed E-state index contributed by atoms with van der Waals surface area (Å²) in [4.78, 5) is 7.04. The van der Waals surface area contributed by atoms with Gasteiger partial charge in [-0.25, -0.2) is 4.98 Å². The van der Waals surface area contributed by atoms with E-state index < -0.39 is 0 Å². The first-order valence-corrected chi connectivity index (χ1v) is 7.71. The number of halogens is 1. The van der Waals surface area contributed by atoms with Gasteiger partial charge in [-0.05, 0) is 43.0 Å². The molecule has 0 spiro atoms. The highest BCUT2D eigenvalue weighted by Crippen LogP contribution is 2.38. The fraction of sp³-hybridized carbons (Fsp3) is 0.312. The molecule has 1 unspecified atom stereocenters. The molecule has 0 amide bonds. The van der Waals surface area contributed by atoms with Gasteiger partial charge in [0.05, 0.1) is 0 Å². The maximum absolute atomic E-state index is 4.68. The van der Waals surface area contributed by atoms with Crippen molar-refractivity contribution in [3.05, 3.63) is 53.2 Å². The van der Waals surface area contributed by atoms with E-state index in [2.05, 4.69) is 70.0 Å². The summed E-state index contributed by atoms with van der Waals surface area (Å²) in [5.41, 5.74) is 5.18. The third-order valence-electron chi connectivity index (χ3n) is 3.70. The Morgan fingerprint density at radius 2 is 2.16 bits per heavy atom. The van der Waals surface area contributed by atoms with Crippen LogP contribution in [0.4, 0.5) is 11.5 Å². The lowest BCUT2D eigenvalue weighted by Gasteiger charge is -2.25. The van der Waals surface area contributed by atoms with Crippen molar-refractivity contribution in [2.24, 2.45) is 0 Å². The van der Waals surface area contributed by atoms with Gasteiger partial charge in [-0.15, -0.1) is 0 Å². The highest BCUT2D eigenvalue weighted by molar-refractivity contribution is 9.08. The molecule has 2 nitrogen and oxygen atoms in total.